The Morgan fingerprint density at radius 3 is 2.96 bits per heavy atom. The second-order valence-corrected chi connectivity index (χ2v) is 6.96. The molecule has 1 aromatic heterocycles. The van der Waals surface area contributed by atoms with Crippen LogP contribution in [0.3, 0.4) is 0 Å². The van der Waals surface area contributed by atoms with Crippen molar-refractivity contribution in [2.45, 2.75) is 31.0 Å². The van der Waals surface area contributed by atoms with E-state index < -0.39 is 17.6 Å². The molecular formula is C17H20F2N2O3. The number of hydrogen-bond acceptors (Lipinski definition) is 4. The van der Waals surface area contributed by atoms with Crippen LogP contribution >= 0.6 is 0 Å². The summed E-state index contributed by atoms with van der Waals surface area (Å²) >= 11 is 0. The van der Waals surface area contributed by atoms with Crippen LogP contribution in [0.4, 0.5) is 8.78 Å². The molecule has 2 aliphatic heterocycles. The molecule has 1 amide bonds. The molecule has 0 unspecified atom stereocenters. The average Bonchev–Trinajstić information content (AvgIpc) is 2.93. The Bertz CT molecular complexity index is 630. The van der Waals surface area contributed by atoms with Crippen molar-refractivity contribution in [2.75, 3.05) is 26.3 Å². The predicted octanol–water partition coefficient (Wildman–Crippen LogP) is 1.97. The van der Waals surface area contributed by atoms with E-state index in [1.165, 1.54) is 18.3 Å². The molecule has 0 radical (unpaired) electrons. The molecule has 0 N–H and O–H groups in total. The van der Waals surface area contributed by atoms with Crippen LogP contribution in [0.5, 0.6) is 5.88 Å². The van der Waals surface area contributed by atoms with Crippen molar-refractivity contribution in [1.82, 2.24) is 9.88 Å². The summed E-state index contributed by atoms with van der Waals surface area (Å²) in [6, 6.07) is 2.82. The number of pyridine rings is 1. The maximum Gasteiger partial charge on any atom is 0.250 e. The number of nitrogens with zero attached hydrogens (tertiary/aromatic N) is 2. The van der Waals surface area contributed by atoms with Crippen molar-refractivity contribution in [2.24, 2.45) is 11.8 Å². The van der Waals surface area contributed by atoms with Crippen LogP contribution in [0.2, 0.25) is 0 Å². The van der Waals surface area contributed by atoms with E-state index in [1.54, 1.807) is 4.90 Å². The maximum atomic E-state index is 13.6. The van der Waals surface area contributed by atoms with Crippen LogP contribution in [0.1, 0.15) is 19.3 Å². The first-order valence-corrected chi connectivity index (χ1v) is 8.37. The van der Waals surface area contributed by atoms with Gasteiger partial charge < -0.3 is 14.4 Å². The molecule has 7 heteroatoms. The fraction of sp³-hybridized carbons (Fsp3) is 0.647. The number of likely N-dealkylation sites (tertiary alicyclic amines) is 1. The monoisotopic (exact) mass is 338 g/mol. The number of amides is 1. The summed E-state index contributed by atoms with van der Waals surface area (Å²) in [5.41, 5.74) is -0.403. The smallest absolute Gasteiger partial charge is 0.250 e. The van der Waals surface area contributed by atoms with E-state index >= 15 is 0 Å². The van der Waals surface area contributed by atoms with Crippen LogP contribution in [0, 0.1) is 17.7 Å². The van der Waals surface area contributed by atoms with E-state index in [4.69, 9.17) is 9.47 Å². The Morgan fingerprint density at radius 1 is 1.46 bits per heavy atom. The van der Waals surface area contributed by atoms with Gasteiger partial charge in [-0.2, -0.15) is 0 Å². The molecule has 2 saturated heterocycles. The van der Waals surface area contributed by atoms with Crippen LogP contribution in [-0.2, 0) is 9.53 Å². The Labute approximate surface area is 138 Å². The molecule has 1 saturated carbocycles. The van der Waals surface area contributed by atoms with Gasteiger partial charge in [0, 0.05) is 24.6 Å². The molecule has 1 aliphatic carbocycles. The molecule has 130 valence electrons. The molecule has 3 aliphatic rings. The van der Waals surface area contributed by atoms with Gasteiger partial charge in [0.05, 0.1) is 19.7 Å². The third-order valence-corrected chi connectivity index (χ3v) is 5.40. The van der Waals surface area contributed by atoms with Crippen molar-refractivity contribution >= 4 is 5.91 Å². The standard InChI is InChI=1S/C17H20F2N2O3/c18-13-6-11(7-13)16(22)21-9-17(10-21)12(3-5-24-17)8-23-15-14(19)2-1-4-20-15/h1-2,4,11-13H,3,5-10H2/t11?,12-,13?/m1/s1. The van der Waals surface area contributed by atoms with E-state index in [9.17, 15) is 13.6 Å². The minimum Gasteiger partial charge on any atom is -0.475 e. The van der Waals surface area contributed by atoms with Gasteiger partial charge in [-0.05, 0) is 31.4 Å². The molecule has 24 heavy (non-hydrogen) atoms. The number of carbonyl (C=O) groups excluding carboxylic acids is 1. The third kappa shape index (κ3) is 2.64. The zero-order valence-electron chi connectivity index (χ0n) is 13.3. The summed E-state index contributed by atoms with van der Waals surface area (Å²) in [6.07, 6.45) is 2.15. The van der Waals surface area contributed by atoms with Gasteiger partial charge in [0.2, 0.25) is 11.8 Å². The van der Waals surface area contributed by atoms with Crippen molar-refractivity contribution in [3.8, 4) is 5.88 Å². The summed E-state index contributed by atoms with van der Waals surface area (Å²) in [6.45, 7) is 1.94. The number of hydrogen-bond donors (Lipinski definition) is 0. The average molecular weight is 338 g/mol. The quantitative estimate of drug-likeness (QED) is 0.842. The van der Waals surface area contributed by atoms with Gasteiger partial charge in [0.1, 0.15) is 11.8 Å². The summed E-state index contributed by atoms with van der Waals surface area (Å²) < 4.78 is 37.9. The van der Waals surface area contributed by atoms with E-state index in [1.807, 2.05) is 0 Å². The van der Waals surface area contributed by atoms with Gasteiger partial charge in [-0.1, -0.05) is 0 Å². The molecule has 4 rings (SSSR count). The lowest BCUT2D eigenvalue weighted by Crippen LogP contribution is -2.68. The highest BCUT2D eigenvalue weighted by Gasteiger charge is 2.56. The lowest BCUT2D eigenvalue weighted by Gasteiger charge is -2.51. The zero-order chi connectivity index (χ0) is 16.7. The van der Waals surface area contributed by atoms with Crippen molar-refractivity contribution in [3.63, 3.8) is 0 Å². The number of halogens is 2. The van der Waals surface area contributed by atoms with Gasteiger partial charge in [0.15, 0.2) is 5.82 Å². The minimum atomic E-state index is -0.827. The molecule has 1 spiro atoms. The SMILES string of the molecule is O=C(C1CC(F)C1)N1CC2(C1)OCC[C@@H]2COc1ncccc1F. The summed E-state index contributed by atoms with van der Waals surface area (Å²) in [5.74, 6) is -0.535. The number of aromatic nitrogens is 1. The van der Waals surface area contributed by atoms with Gasteiger partial charge >= 0.3 is 0 Å². The molecule has 0 aromatic carbocycles. The van der Waals surface area contributed by atoms with Crippen molar-refractivity contribution < 1.29 is 23.0 Å². The molecule has 1 aromatic rings. The second-order valence-electron chi connectivity index (χ2n) is 6.96. The largest absolute Gasteiger partial charge is 0.475 e. The van der Waals surface area contributed by atoms with Gasteiger partial charge in [-0.15, -0.1) is 0 Å². The van der Waals surface area contributed by atoms with Crippen molar-refractivity contribution in [3.05, 3.63) is 24.1 Å². The lowest BCUT2D eigenvalue weighted by atomic mass is 9.77. The second kappa shape index (κ2) is 5.95. The minimum absolute atomic E-state index is 0.00439. The molecular weight excluding hydrogens is 318 g/mol. The normalized spacial score (nSPS) is 30.8. The Kier molecular flexibility index (Phi) is 3.90. The van der Waals surface area contributed by atoms with Crippen LogP contribution in [-0.4, -0.2) is 53.9 Å². The fourth-order valence-electron chi connectivity index (χ4n) is 3.79. The third-order valence-electron chi connectivity index (χ3n) is 5.40. The lowest BCUT2D eigenvalue weighted by molar-refractivity contribution is -0.174. The van der Waals surface area contributed by atoms with Gasteiger partial charge in [-0.25, -0.2) is 13.8 Å². The highest BCUT2D eigenvalue weighted by atomic mass is 19.1. The summed E-state index contributed by atoms with van der Waals surface area (Å²) in [7, 11) is 0. The number of rotatable bonds is 4. The summed E-state index contributed by atoms with van der Waals surface area (Å²) in [5, 5.41) is 0. The Morgan fingerprint density at radius 2 is 2.25 bits per heavy atom. The van der Waals surface area contributed by atoms with Crippen molar-refractivity contribution in [1.29, 1.82) is 0 Å². The van der Waals surface area contributed by atoms with Crippen LogP contribution in [0.15, 0.2) is 18.3 Å². The first-order chi connectivity index (χ1) is 11.6. The molecule has 3 heterocycles. The highest BCUT2D eigenvalue weighted by molar-refractivity contribution is 5.81. The first kappa shape index (κ1) is 15.7. The number of alkyl halides is 1. The van der Waals surface area contributed by atoms with Crippen LogP contribution < -0.4 is 4.74 Å². The van der Waals surface area contributed by atoms with Crippen LogP contribution in [0.25, 0.3) is 0 Å². The molecule has 3 fully saturated rings. The molecule has 5 nitrogen and oxygen atoms in total. The Hall–Kier alpha value is -1.76. The maximum absolute atomic E-state index is 13.6. The predicted molar refractivity (Wildman–Crippen MR) is 80.7 cm³/mol. The van der Waals surface area contributed by atoms with Gasteiger partial charge in [0.25, 0.3) is 0 Å². The zero-order valence-corrected chi connectivity index (χ0v) is 13.3. The van der Waals surface area contributed by atoms with Gasteiger partial charge in [-0.3, -0.25) is 4.79 Å². The number of ether oxygens (including phenoxy) is 2. The summed E-state index contributed by atoms with van der Waals surface area (Å²) in [4.78, 5) is 17.9. The first-order valence-electron chi connectivity index (χ1n) is 8.37. The van der Waals surface area contributed by atoms with E-state index in [2.05, 4.69) is 4.98 Å². The fourth-order valence-corrected chi connectivity index (χ4v) is 3.79. The highest BCUT2D eigenvalue weighted by Crippen LogP contribution is 2.42. The Balaban J connectivity index is 1.33. The topological polar surface area (TPSA) is 51.7 Å². The molecule has 1 atom stereocenters. The van der Waals surface area contributed by atoms with E-state index in [-0.39, 0.29) is 23.6 Å². The van der Waals surface area contributed by atoms with E-state index in [0.717, 1.165) is 6.42 Å². The molecule has 0 bridgehead atoms. The van der Waals surface area contributed by atoms with E-state index in [0.29, 0.717) is 39.1 Å². The number of carbonyl (C=O) groups is 1.